The highest BCUT2D eigenvalue weighted by atomic mass is 16.5. The summed E-state index contributed by atoms with van der Waals surface area (Å²) in [6.07, 6.45) is 5.74. The molecule has 1 spiro atoms. The fourth-order valence-electron chi connectivity index (χ4n) is 4.03. The molecule has 2 fully saturated rings. The summed E-state index contributed by atoms with van der Waals surface area (Å²) in [6, 6.07) is 5.41. The second-order valence-electron chi connectivity index (χ2n) is 6.96. The van der Waals surface area contributed by atoms with Crippen molar-refractivity contribution in [1.82, 2.24) is 19.9 Å². The first kappa shape index (κ1) is 15.8. The Labute approximate surface area is 145 Å². The average Bonchev–Trinajstić information content (AvgIpc) is 3.33. The highest BCUT2D eigenvalue weighted by molar-refractivity contribution is 5.93. The molecule has 0 saturated carbocycles. The van der Waals surface area contributed by atoms with E-state index >= 15 is 0 Å². The first-order valence-electron chi connectivity index (χ1n) is 8.48. The molecule has 2 saturated heterocycles. The standard InChI is InChI=1S/C18H20N4O3/c1-13-10-22(16(23)15-4-7-20-25-15)12-18(13)5-8-21(17(18)24)11-14-3-2-6-19-9-14/h2-4,6-7,9,13H,5,8,10-12H2,1H3/t13-,18-/m1/s1. The molecule has 130 valence electrons. The number of carbonyl (C=O) groups excluding carboxylic acids is 2. The summed E-state index contributed by atoms with van der Waals surface area (Å²) in [5.41, 5.74) is 0.533. The van der Waals surface area contributed by atoms with Gasteiger partial charge in [-0.2, -0.15) is 0 Å². The minimum absolute atomic E-state index is 0.116. The molecule has 0 radical (unpaired) electrons. The highest BCUT2D eigenvalue weighted by Crippen LogP contribution is 2.45. The van der Waals surface area contributed by atoms with E-state index in [1.807, 2.05) is 17.0 Å². The topological polar surface area (TPSA) is 79.5 Å². The molecule has 4 rings (SSSR count). The molecule has 4 heterocycles. The van der Waals surface area contributed by atoms with E-state index < -0.39 is 5.41 Å². The van der Waals surface area contributed by atoms with Crippen LogP contribution in [0.15, 0.2) is 41.3 Å². The number of likely N-dealkylation sites (tertiary alicyclic amines) is 2. The van der Waals surface area contributed by atoms with Crippen LogP contribution in [0.1, 0.15) is 29.5 Å². The van der Waals surface area contributed by atoms with E-state index in [9.17, 15) is 9.59 Å². The van der Waals surface area contributed by atoms with Crippen molar-refractivity contribution in [1.29, 1.82) is 0 Å². The van der Waals surface area contributed by atoms with Crippen LogP contribution < -0.4 is 0 Å². The Morgan fingerprint density at radius 1 is 1.40 bits per heavy atom. The van der Waals surface area contributed by atoms with Gasteiger partial charge in [0, 0.05) is 44.6 Å². The molecule has 7 nitrogen and oxygen atoms in total. The van der Waals surface area contributed by atoms with Gasteiger partial charge in [-0.25, -0.2) is 0 Å². The third-order valence-electron chi connectivity index (χ3n) is 5.48. The van der Waals surface area contributed by atoms with Gasteiger partial charge >= 0.3 is 0 Å². The molecule has 7 heteroatoms. The number of pyridine rings is 1. The van der Waals surface area contributed by atoms with E-state index in [0.717, 1.165) is 12.0 Å². The van der Waals surface area contributed by atoms with Crippen LogP contribution in [-0.2, 0) is 11.3 Å². The molecular formula is C18H20N4O3. The molecule has 0 aliphatic carbocycles. The van der Waals surface area contributed by atoms with Gasteiger partial charge in [0.2, 0.25) is 11.7 Å². The van der Waals surface area contributed by atoms with E-state index in [1.165, 1.54) is 6.20 Å². The van der Waals surface area contributed by atoms with Crippen LogP contribution in [0.2, 0.25) is 0 Å². The van der Waals surface area contributed by atoms with Crippen molar-refractivity contribution in [2.75, 3.05) is 19.6 Å². The summed E-state index contributed by atoms with van der Waals surface area (Å²) in [7, 11) is 0. The zero-order chi connectivity index (χ0) is 17.4. The van der Waals surface area contributed by atoms with Gasteiger partial charge in [-0.3, -0.25) is 14.6 Å². The predicted octanol–water partition coefficient (Wildman–Crippen LogP) is 1.58. The van der Waals surface area contributed by atoms with E-state index in [2.05, 4.69) is 17.1 Å². The zero-order valence-corrected chi connectivity index (χ0v) is 14.1. The van der Waals surface area contributed by atoms with Crippen molar-refractivity contribution in [2.45, 2.75) is 19.9 Å². The molecular weight excluding hydrogens is 320 g/mol. The second-order valence-corrected chi connectivity index (χ2v) is 6.96. The Kier molecular flexibility index (Phi) is 3.78. The van der Waals surface area contributed by atoms with E-state index in [1.54, 1.807) is 23.4 Å². The summed E-state index contributed by atoms with van der Waals surface area (Å²) < 4.78 is 4.98. The highest BCUT2D eigenvalue weighted by Gasteiger charge is 2.56. The van der Waals surface area contributed by atoms with E-state index in [4.69, 9.17) is 4.52 Å². The maximum Gasteiger partial charge on any atom is 0.292 e. The molecule has 2 aliphatic heterocycles. The smallest absolute Gasteiger partial charge is 0.292 e. The van der Waals surface area contributed by atoms with Gasteiger partial charge in [-0.05, 0) is 24.0 Å². The second kappa shape index (κ2) is 5.98. The van der Waals surface area contributed by atoms with E-state index in [-0.39, 0.29) is 23.5 Å². The lowest BCUT2D eigenvalue weighted by molar-refractivity contribution is -0.137. The normalized spacial score (nSPS) is 26.0. The molecule has 0 aromatic carbocycles. The Balaban J connectivity index is 1.50. The lowest BCUT2D eigenvalue weighted by atomic mass is 9.78. The quantitative estimate of drug-likeness (QED) is 0.847. The molecule has 0 unspecified atom stereocenters. The van der Waals surface area contributed by atoms with Crippen molar-refractivity contribution in [2.24, 2.45) is 11.3 Å². The number of hydrogen-bond acceptors (Lipinski definition) is 5. The minimum Gasteiger partial charge on any atom is -0.351 e. The van der Waals surface area contributed by atoms with Crippen molar-refractivity contribution >= 4 is 11.8 Å². The third kappa shape index (κ3) is 2.59. The Bertz CT molecular complexity index is 777. The Hall–Kier alpha value is -2.70. The summed E-state index contributed by atoms with van der Waals surface area (Å²) in [5, 5.41) is 3.59. The Morgan fingerprint density at radius 2 is 2.28 bits per heavy atom. The first-order chi connectivity index (χ1) is 12.1. The maximum absolute atomic E-state index is 13.1. The van der Waals surface area contributed by atoms with Gasteiger partial charge < -0.3 is 14.3 Å². The van der Waals surface area contributed by atoms with Gasteiger partial charge in [0.15, 0.2) is 0 Å². The molecule has 2 aromatic heterocycles. The number of hydrogen-bond donors (Lipinski definition) is 0. The monoisotopic (exact) mass is 340 g/mol. The number of rotatable bonds is 3. The van der Waals surface area contributed by atoms with E-state index in [0.29, 0.717) is 26.2 Å². The van der Waals surface area contributed by atoms with Crippen LogP contribution in [-0.4, -0.2) is 51.4 Å². The first-order valence-corrected chi connectivity index (χ1v) is 8.48. The van der Waals surface area contributed by atoms with Crippen LogP contribution in [0.4, 0.5) is 0 Å². The largest absolute Gasteiger partial charge is 0.351 e. The van der Waals surface area contributed by atoms with Gasteiger partial charge in [0.1, 0.15) is 0 Å². The van der Waals surface area contributed by atoms with Gasteiger partial charge in [0.05, 0.1) is 11.6 Å². The van der Waals surface area contributed by atoms with Crippen molar-refractivity contribution in [3.05, 3.63) is 48.1 Å². The van der Waals surface area contributed by atoms with Crippen molar-refractivity contribution in [3.8, 4) is 0 Å². The van der Waals surface area contributed by atoms with Gasteiger partial charge in [0.25, 0.3) is 5.91 Å². The lowest BCUT2D eigenvalue weighted by Crippen LogP contribution is -2.40. The SMILES string of the molecule is C[C@@H]1CN(C(=O)c2ccno2)C[C@]12CCN(Cc1cccnc1)C2=O. The zero-order valence-electron chi connectivity index (χ0n) is 14.1. The summed E-state index contributed by atoms with van der Waals surface area (Å²) in [4.78, 5) is 33.4. The predicted molar refractivity (Wildman–Crippen MR) is 88.3 cm³/mol. The Morgan fingerprint density at radius 3 is 3.00 bits per heavy atom. The van der Waals surface area contributed by atoms with Crippen LogP contribution in [0.25, 0.3) is 0 Å². The van der Waals surface area contributed by atoms with Crippen LogP contribution in [0, 0.1) is 11.3 Å². The summed E-state index contributed by atoms with van der Waals surface area (Å²) >= 11 is 0. The maximum atomic E-state index is 13.1. The minimum atomic E-state index is -0.488. The van der Waals surface area contributed by atoms with Crippen LogP contribution in [0.3, 0.4) is 0 Å². The fraction of sp³-hybridized carbons (Fsp3) is 0.444. The third-order valence-corrected chi connectivity index (χ3v) is 5.48. The van der Waals surface area contributed by atoms with Crippen molar-refractivity contribution < 1.29 is 14.1 Å². The lowest BCUT2D eigenvalue weighted by Gasteiger charge is -2.26. The fourth-order valence-corrected chi connectivity index (χ4v) is 4.03. The number of amides is 2. The molecule has 25 heavy (non-hydrogen) atoms. The van der Waals surface area contributed by atoms with Crippen molar-refractivity contribution in [3.63, 3.8) is 0 Å². The molecule has 2 atom stereocenters. The summed E-state index contributed by atoms with van der Waals surface area (Å²) in [5.74, 6) is 0.282. The number of aromatic nitrogens is 2. The molecule has 0 N–H and O–H groups in total. The van der Waals surface area contributed by atoms with Crippen LogP contribution >= 0.6 is 0 Å². The number of carbonyl (C=O) groups is 2. The molecule has 2 amide bonds. The molecule has 0 bridgehead atoms. The van der Waals surface area contributed by atoms with Gasteiger partial charge in [-0.15, -0.1) is 0 Å². The van der Waals surface area contributed by atoms with Gasteiger partial charge in [-0.1, -0.05) is 18.1 Å². The molecule has 2 aliphatic rings. The molecule has 2 aromatic rings. The summed E-state index contributed by atoms with van der Waals surface area (Å²) in [6.45, 7) is 4.33. The average molecular weight is 340 g/mol. The van der Waals surface area contributed by atoms with Crippen LogP contribution in [0.5, 0.6) is 0 Å². The number of nitrogens with zero attached hydrogens (tertiary/aromatic N) is 4.